The predicted octanol–water partition coefficient (Wildman–Crippen LogP) is 4.62. The van der Waals surface area contributed by atoms with Crippen LogP contribution in [0.2, 0.25) is 0 Å². The van der Waals surface area contributed by atoms with Crippen LogP contribution in [0.3, 0.4) is 0 Å². The number of carbonyl (C=O) groups is 1. The number of benzene rings is 3. The minimum Gasteiger partial charge on any atom is -0.350 e. The molecule has 4 nitrogen and oxygen atoms in total. The van der Waals surface area contributed by atoms with E-state index in [1.54, 1.807) is 0 Å². The second kappa shape index (κ2) is 6.82. The number of amides is 1. The van der Waals surface area contributed by atoms with Crippen LogP contribution in [0.4, 0.5) is 0 Å². The Labute approximate surface area is 163 Å². The summed E-state index contributed by atoms with van der Waals surface area (Å²) < 4.78 is 2.15. The Morgan fingerprint density at radius 3 is 2.39 bits per heavy atom. The van der Waals surface area contributed by atoms with E-state index < -0.39 is 0 Å². The highest BCUT2D eigenvalue weighted by molar-refractivity contribution is 6.06. The molecule has 0 spiro atoms. The number of nitrogens with zero attached hydrogens (tertiary/aromatic N) is 2. The van der Waals surface area contributed by atoms with Crippen molar-refractivity contribution >= 4 is 29.1 Å². The molecule has 0 fully saturated rings. The topological polar surface area (TPSA) is 46.9 Å². The lowest BCUT2D eigenvalue weighted by Crippen LogP contribution is -2.24. The number of hydrogen-bond donors (Lipinski definition) is 1. The number of imidazole rings is 1. The van der Waals surface area contributed by atoms with Crippen molar-refractivity contribution in [2.24, 2.45) is 0 Å². The molecule has 1 aromatic heterocycles. The molecule has 1 aliphatic rings. The molecule has 5 rings (SSSR count). The Hall–Kier alpha value is -3.66. The fourth-order valence-corrected chi connectivity index (χ4v) is 3.68. The molecule has 0 radical (unpaired) electrons. The molecule has 0 saturated heterocycles. The molecule has 0 bridgehead atoms. The van der Waals surface area contributed by atoms with E-state index in [9.17, 15) is 4.79 Å². The Balaban J connectivity index is 1.52. The highest BCUT2D eigenvalue weighted by Gasteiger charge is 2.21. The first-order valence-corrected chi connectivity index (χ1v) is 9.41. The van der Waals surface area contributed by atoms with Crippen LogP contribution >= 0.6 is 0 Å². The average Bonchev–Trinajstić information content (AvgIpc) is 3.03. The number of aromatic nitrogens is 2. The van der Waals surface area contributed by atoms with Crippen molar-refractivity contribution in [2.75, 3.05) is 6.54 Å². The molecule has 2 heterocycles. The molecule has 0 aliphatic carbocycles. The molecule has 0 atom stereocenters. The van der Waals surface area contributed by atoms with Gasteiger partial charge in [-0.15, -0.1) is 0 Å². The molecule has 4 heteroatoms. The molecule has 1 N–H and O–H groups in total. The van der Waals surface area contributed by atoms with E-state index in [-0.39, 0.29) is 5.91 Å². The van der Waals surface area contributed by atoms with Crippen LogP contribution in [0, 0.1) is 0 Å². The lowest BCUT2D eigenvalue weighted by molar-refractivity contribution is 0.0956. The fraction of sp³-hybridized carbons (Fsp3) is 0.0833. The van der Waals surface area contributed by atoms with Crippen LogP contribution in [0.25, 0.3) is 34.6 Å². The van der Waals surface area contributed by atoms with Gasteiger partial charge < -0.3 is 9.88 Å². The van der Waals surface area contributed by atoms with Crippen molar-refractivity contribution in [1.29, 1.82) is 0 Å². The Kier molecular flexibility index (Phi) is 4.02. The summed E-state index contributed by atoms with van der Waals surface area (Å²) in [6.07, 6.45) is 4.22. The quantitative estimate of drug-likeness (QED) is 0.539. The SMILES string of the molecule is O=C1NCCn2c(-c3ccc(C=Cc4ccccc4)cc3)nc3cccc1c32. The van der Waals surface area contributed by atoms with Crippen LogP contribution in [0.15, 0.2) is 72.8 Å². The van der Waals surface area contributed by atoms with Crippen LogP contribution in [-0.4, -0.2) is 22.0 Å². The van der Waals surface area contributed by atoms with Crippen molar-refractivity contribution < 1.29 is 4.79 Å². The van der Waals surface area contributed by atoms with E-state index in [0.717, 1.165) is 28.0 Å². The predicted molar refractivity (Wildman–Crippen MR) is 113 cm³/mol. The second-order valence-electron chi connectivity index (χ2n) is 6.88. The van der Waals surface area contributed by atoms with Gasteiger partial charge in [0.05, 0.1) is 16.6 Å². The third-order valence-electron chi connectivity index (χ3n) is 5.07. The molecule has 4 aromatic rings. The van der Waals surface area contributed by atoms with Crippen LogP contribution in [-0.2, 0) is 6.54 Å². The normalized spacial score (nSPS) is 13.6. The molecule has 1 aliphatic heterocycles. The molecular formula is C24H19N3O. The summed E-state index contributed by atoms with van der Waals surface area (Å²) in [5, 5.41) is 2.96. The van der Waals surface area contributed by atoms with Gasteiger partial charge in [0.15, 0.2) is 0 Å². The first kappa shape index (κ1) is 16.5. The lowest BCUT2D eigenvalue weighted by atomic mass is 10.1. The van der Waals surface area contributed by atoms with Gasteiger partial charge in [-0.1, -0.05) is 72.8 Å². The van der Waals surface area contributed by atoms with Gasteiger partial charge in [0.25, 0.3) is 5.91 Å². The smallest absolute Gasteiger partial charge is 0.253 e. The monoisotopic (exact) mass is 365 g/mol. The summed E-state index contributed by atoms with van der Waals surface area (Å²) in [6.45, 7) is 1.31. The van der Waals surface area contributed by atoms with Crippen molar-refractivity contribution in [2.45, 2.75) is 6.54 Å². The second-order valence-corrected chi connectivity index (χ2v) is 6.88. The molecule has 1 amide bonds. The molecule has 136 valence electrons. The number of carbonyl (C=O) groups excluding carboxylic acids is 1. The van der Waals surface area contributed by atoms with E-state index >= 15 is 0 Å². The standard InChI is InChI=1S/C24H19N3O/c28-24-20-7-4-8-21-22(20)27(16-15-25-24)23(26-21)19-13-11-18(12-14-19)10-9-17-5-2-1-3-6-17/h1-14H,15-16H2,(H,25,28). The maximum atomic E-state index is 12.3. The summed E-state index contributed by atoms with van der Waals surface area (Å²) >= 11 is 0. The van der Waals surface area contributed by atoms with Gasteiger partial charge in [-0.25, -0.2) is 4.98 Å². The van der Waals surface area contributed by atoms with Crippen molar-refractivity contribution in [3.63, 3.8) is 0 Å². The van der Waals surface area contributed by atoms with Gasteiger partial charge in [0.1, 0.15) is 5.82 Å². The zero-order valence-electron chi connectivity index (χ0n) is 15.3. The van der Waals surface area contributed by atoms with E-state index in [2.05, 4.69) is 58.4 Å². The molecule has 0 unspecified atom stereocenters. The summed E-state index contributed by atoms with van der Waals surface area (Å²) in [5.41, 5.74) is 5.83. The van der Waals surface area contributed by atoms with Gasteiger partial charge in [-0.05, 0) is 23.3 Å². The minimum absolute atomic E-state index is 0.0304. The van der Waals surface area contributed by atoms with Gasteiger partial charge in [-0.2, -0.15) is 0 Å². The largest absolute Gasteiger partial charge is 0.350 e. The highest BCUT2D eigenvalue weighted by atomic mass is 16.1. The maximum Gasteiger partial charge on any atom is 0.253 e. The zero-order valence-corrected chi connectivity index (χ0v) is 15.3. The third kappa shape index (κ3) is 2.89. The summed E-state index contributed by atoms with van der Waals surface area (Å²) in [6, 6.07) is 24.4. The Morgan fingerprint density at radius 2 is 1.61 bits per heavy atom. The van der Waals surface area contributed by atoms with Crippen LogP contribution in [0.5, 0.6) is 0 Å². The first-order valence-electron chi connectivity index (χ1n) is 9.41. The first-order chi connectivity index (χ1) is 13.8. The van der Waals surface area contributed by atoms with E-state index in [1.165, 1.54) is 5.56 Å². The number of para-hydroxylation sites is 1. The van der Waals surface area contributed by atoms with Gasteiger partial charge in [0, 0.05) is 18.7 Å². The van der Waals surface area contributed by atoms with E-state index in [1.807, 2.05) is 36.4 Å². The van der Waals surface area contributed by atoms with Crippen LogP contribution in [0.1, 0.15) is 21.5 Å². The van der Waals surface area contributed by atoms with Gasteiger partial charge >= 0.3 is 0 Å². The fourth-order valence-electron chi connectivity index (χ4n) is 3.68. The number of hydrogen-bond acceptors (Lipinski definition) is 2. The molecule has 3 aromatic carbocycles. The maximum absolute atomic E-state index is 12.3. The van der Waals surface area contributed by atoms with Crippen molar-refractivity contribution in [3.8, 4) is 11.4 Å². The van der Waals surface area contributed by atoms with Crippen molar-refractivity contribution in [3.05, 3.63) is 89.5 Å². The molecule has 0 saturated carbocycles. The Bertz CT molecular complexity index is 1190. The average molecular weight is 365 g/mol. The molecular weight excluding hydrogens is 346 g/mol. The third-order valence-corrected chi connectivity index (χ3v) is 5.07. The molecule has 28 heavy (non-hydrogen) atoms. The van der Waals surface area contributed by atoms with E-state index in [0.29, 0.717) is 18.7 Å². The minimum atomic E-state index is -0.0304. The van der Waals surface area contributed by atoms with E-state index in [4.69, 9.17) is 4.98 Å². The van der Waals surface area contributed by atoms with Crippen molar-refractivity contribution in [1.82, 2.24) is 14.9 Å². The van der Waals surface area contributed by atoms with Gasteiger partial charge in [-0.3, -0.25) is 4.79 Å². The number of nitrogens with one attached hydrogen (secondary N) is 1. The number of rotatable bonds is 3. The summed E-state index contributed by atoms with van der Waals surface area (Å²) in [5.74, 6) is 0.870. The summed E-state index contributed by atoms with van der Waals surface area (Å²) in [4.78, 5) is 17.1. The zero-order chi connectivity index (χ0) is 18.9. The summed E-state index contributed by atoms with van der Waals surface area (Å²) in [7, 11) is 0. The highest BCUT2D eigenvalue weighted by Crippen LogP contribution is 2.28. The van der Waals surface area contributed by atoms with Gasteiger partial charge in [0.2, 0.25) is 0 Å². The lowest BCUT2D eigenvalue weighted by Gasteiger charge is -2.07. The van der Waals surface area contributed by atoms with Crippen LogP contribution < -0.4 is 5.32 Å². The Morgan fingerprint density at radius 1 is 0.857 bits per heavy atom.